The van der Waals surface area contributed by atoms with Crippen LogP contribution in [0.3, 0.4) is 0 Å². The molecule has 0 saturated heterocycles. The Kier molecular flexibility index (Phi) is 5.98. The lowest BCUT2D eigenvalue weighted by Crippen LogP contribution is -2.12. The summed E-state index contributed by atoms with van der Waals surface area (Å²) in [5.74, 6) is 0.701. The van der Waals surface area contributed by atoms with Crippen molar-refractivity contribution >= 4 is 11.6 Å². The van der Waals surface area contributed by atoms with E-state index >= 15 is 0 Å². The highest BCUT2D eigenvalue weighted by Gasteiger charge is 2.05. The second-order valence-corrected chi connectivity index (χ2v) is 6.07. The highest BCUT2D eigenvalue weighted by molar-refractivity contribution is 5.91. The summed E-state index contributed by atoms with van der Waals surface area (Å²) in [5, 5.41) is 6.94. The van der Waals surface area contributed by atoms with Gasteiger partial charge in [-0.1, -0.05) is 35.9 Å². The fourth-order valence-corrected chi connectivity index (χ4v) is 2.50. The van der Waals surface area contributed by atoms with Crippen LogP contribution in [-0.4, -0.2) is 27.3 Å². The van der Waals surface area contributed by atoms with Crippen LogP contribution in [-0.2, 0) is 17.8 Å². The van der Waals surface area contributed by atoms with Crippen molar-refractivity contribution < 1.29 is 9.53 Å². The van der Waals surface area contributed by atoms with Gasteiger partial charge in [-0.2, -0.15) is 5.10 Å². The number of ether oxygens (including phenoxy) is 1. The number of aryl methyl sites for hydroxylation is 2. The first-order valence-electron chi connectivity index (χ1n) is 8.60. The van der Waals surface area contributed by atoms with Crippen LogP contribution in [0.2, 0.25) is 0 Å². The Morgan fingerprint density at radius 1 is 1.19 bits per heavy atom. The lowest BCUT2D eigenvalue weighted by atomic mass is 10.1. The van der Waals surface area contributed by atoms with Crippen LogP contribution < -0.4 is 10.1 Å². The predicted molar refractivity (Wildman–Crippen MR) is 100 cm³/mol. The van der Waals surface area contributed by atoms with E-state index in [1.54, 1.807) is 11.0 Å². The van der Waals surface area contributed by atoms with Gasteiger partial charge in [0.25, 0.3) is 0 Å². The second kappa shape index (κ2) is 8.80. The van der Waals surface area contributed by atoms with Crippen LogP contribution in [0.15, 0.2) is 61.2 Å². The summed E-state index contributed by atoms with van der Waals surface area (Å²) in [4.78, 5) is 16.0. The van der Waals surface area contributed by atoms with Crippen LogP contribution in [0.5, 0.6) is 5.75 Å². The van der Waals surface area contributed by atoms with E-state index < -0.39 is 0 Å². The number of amides is 1. The van der Waals surface area contributed by atoms with Crippen molar-refractivity contribution in [2.45, 2.75) is 26.3 Å². The number of carbonyl (C=O) groups is 1. The fraction of sp³-hybridized carbons (Fsp3) is 0.250. The lowest BCUT2D eigenvalue weighted by Gasteiger charge is -2.09. The standard InChI is InChI=1S/C20H22N4O2/c1-16-5-7-17(8-6-16)9-10-20(25)23-18-3-2-4-19(13-18)26-12-11-24-15-21-14-22-24/h2-8,13-15H,9-12H2,1H3,(H,23,25). The highest BCUT2D eigenvalue weighted by Crippen LogP contribution is 2.18. The van der Waals surface area contributed by atoms with E-state index in [0.29, 0.717) is 25.3 Å². The van der Waals surface area contributed by atoms with Crippen molar-refractivity contribution in [1.29, 1.82) is 0 Å². The maximum absolute atomic E-state index is 12.2. The fourth-order valence-electron chi connectivity index (χ4n) is 2.50. The third-order valence-corrected chi connectivity index (χ3v) is 3.93. The van der Waals surface area contributed by atoms with Crippen molar-refractivity contribution in [2.75, 3.05) is 11.9 Å². The largest absolute Gasteiger partial charge is 0.492 e. The summed E-state index contributed by atoms with van der Waals surface area (Å²) >= 11 is 0. The molecule has 2 aromatic carbocycles. The number of anilines is 1. The first kappa shape index (κ1) is 17.7. The molecular formula is C20H22N4O2. The number of hydrogen-bond donors (Lipinski definition) is 1. The molecular weight excluding hydrogens is 328 g/mol. The van der Waals surface area contributed by atoms with E-state index in [0.717, 1.165) is 17.7 Å². The van der Waals surface area contributed by atoms with Crippen molar-refractivity contribution in [2.24, 2.45) is 0 Å². The third kappa shape index (κ3) is 5.44. The molecule has 0 spiro atoms. The van der Waals surface area contributed by atoms with Gasteiger partial charge in [0.2, 0.25) is 5.91 Å². The molecule has 134 valence electrons. The zero-order valence-electron chi connectivity index (χ0n) is 14.8. The maximum Gasteiger partial charge on any atom is 0.224 e. The van der Waals surface area contributed by atoms with Crippen LogP contribution in [0, 0.1) is 6.92 Å². The van der Waals surface area contributed by atoms with Crippen molar-refractivity contribution in [3.05, 3.63) is 72.3 Å². The van der Waals surface area contributed by atoms with Gasteiger partial charge in [0.15, 0.2) is 0 Å². The number of nitrogens with one attached hydrogen (secondary N) is 1. The molecule has 0 fully saturated rings. The van der Waals surface area contributed by atoms with Gasteiger partial charge in [-0.05, 0) is 31.0 Å². The van der Waals surface area contributed by atoms with Crippen molar-refractivity contribution in [3.63, 3.8) is 0 Å². The minimum Gasteiger partial charge on any atom is -0.492 e. The van der Waals surface area contributed by atoms with Gasteiger partial charge >= 0.3 is 0 Å². The average Bonchev–Trinajstić information content (AvgIpc) is 3.15. The number of benzene rings is 2. The van der Waals surface area contributed by atoms with Crippen LogP contribution in [0.25, 0.3) is 0 Å². The molecule has 0 radical (unpaired) electrons. The Bertz CT molecular complexity index is 829. The minimum absolute atomic E-state index is 0.00894. The van der Waals surface area contributed by atoms with Gasteiger partial charge in [-0.15, -0.1) is 0 Å². The van der Waals surface area contributed by atoms with E-state index in [2.05, 4.69) is 46.6 Å². The summed E-state index contributed by atoms with van der Waals surface area (Å²) in [6.07, 6.45) is 4.31. The molecule has 0 unspecified atom stereocenters. The molecule has 0 aliphatic rings. The Labute approximate surface area is 152 Å². The molecule has 0 aliphatic carbocycles. The molecule has 1 N–H and O–H groups in total. The number of aromatic nitrogens is 3. The monoisotopic (exact) mass is 350 g/mol. The summed E-state index contributed by atoms with van der Waals surface area (Å²) in [5.41, 5.74) is 3.12. The number of nitrogens with zero attached hydrogens (tertiary/aromatic N) is 3. The average molecular weight is 350 g/mol. The van der Waals surface area contributed by atoms with Crippen LogP contribution >= 0.6 is 0 Å². The molecule has 6 heteroatoms. The maximum atomic E-state index is 12.2. The van der Waals surface area contributed by atoms with Crippen molar-refractivity contribution in [1.82, 2.24) is 14.8 Å². The van der Waals surface area contributed by atoms with E-state index in [9.17, 15) is 4.79 Å². The van der Waals surface area contributed by atoms with Gasteiger partial charge in [-0.3, -0.25) is 4.79 Å². The normalized spacial score (nSPS) is 10.5. The molecule has 1 heterocycles. The quantitative estimate of drug-likeness (QED) is 0.677. The molecule has 0 atom stereocenters. The SMILES string of the molecule is Cc1ccc(CCC(=O)Nc2cccc(OCCn3cncn3)c2)cc1. The number of carbonyl (C=O) groups excluding carboxylic acids is 1. The van der Waals surface area contributed by atoms with E-state index in [1.165, 1.54) is 11.9 Å². The molecule has 0 bridgehead atoms. The molecule has 26 heavy (non-hydrogen) atoms. The topological polar surface area (TPSA) is 69.0 Å². The zero-order chi connectivity index (χ0) is 18.2. The first-order chi connectivity index (χ1) is 12.7. The summed E-state index contributed by atoms with van der Waals surface area (Å²) in [7, 11) is 0. The van der Waals surface area contributed by atoms with Gasteiger partial charge in [0.05, 0.1) is 6.54 Å². The number of rotatable bonds is 8. The van der Waals surface area contributed by atoms with Crippen LogP contribution in [0.1, 0.15) is 17.5 Å². The molecule has 3 rings (SSSR count). The Hall–Kier alpha value is -3.15. The molecule has 1 aromatic heterocycles. The summed E-state index contributed by atoms with van der Waals surface area (Å²) in [6, 6.07) is 15.7. The Morgan fingerprint density at radius 3 is 2.81 bits per heavy atom. The van der Waals surface area contributed by atoms with Gasteiger partial charge in [0, 0.05) is 18.2 Å². The molecule has 3 aromatic rings. The summed E-state index contributed by atoms with van der Waals surface area (Å²) in [6.45, 7) is 3.15. The Balaban J connectivity index is 1.46. The van der Waals surface area contributed by atoms with Crippen molar-refractivity contribution in [3.8, 4) is 5.75 Å². The van der Waals surface area contributed by atoms with E-state index in [4.69, 9.17) is 4.74 Å². The van der Waals surface area contributed by atoms with E-state index in [-0.39, 0.29) is 5.91 Å². The highest BCUT2D eigenvalue weighted by atomic mass is 16.5. The van der Waals surface area contributed by atoms with Gasteiger partial charge in [0.1, 0.15) is 25.0 Å². The smallest absolute Gasteiger partial charge is 0.224 e. The zero-order valence-corrected chi connectivity index (χ0v) is 14.8. The van der Waals surface area contributed by atoms with Gasteiger partial charge in [-0.25, -0.2) is 9.67 Å². The van der Waals surface area contributed by atoms with Crippen LogP contribution in [0.4, 0.5) is 5.69 Å². The molecule has 1 amide bonds. The molecule has 0 saturated carbocycles. The minimum atomic E-state index is -0.00894. The molecule has 6 nitrogen and oxygen atoms in total. The lowest BCUT2D eigenvalue weighted by molar-refractivity contribution is -0.116. The summed E-state index contributed by atoms with van der Waals surface area (Å²) < 4.78 is 7.41. The molecule has 0 aliphatic heterocycles. The number of hydrogen-bond acceptors (Lipinski definition) is 4. The predicted octanol–water partition coefficient (Wildman–Crippen LogP) is 3.24. The van der Waals surface area contributed by atoms with E-state index in [1.807, 2.05) is 24.3 Å². The van der Waals surface area contributed by atoms with Gasteiger partial charge < -0.3 is 10.1 Å². The third-order valence-electron chi connectivity index (χ3n) is 3.93. The Morgan fingerprint density at radius 2 is 2.04 bits per heavy atom. The second-order valence-electron chi connectivity index (χ2n) is 6.07. The first-order valence-corrected chi connectivity index (χ1v) is 8.60.